The molecule has 0 radical (unpaired) electrons. The van der Waals surface area contributed by atoms with E-state index in [9.17, 15) is 35.9 Å². The van der Waals surface area contributed by atoms with Crippen molar-refractivity contribution >= 4 is 11.6 Å². The summed E-state index contributed by atoms with van der Waals surface area (Å²) < 4.78 is 101. The fourth-order valence-electron chi connectivity index (χ4n) is 6.77. The standard InChI is InChI=1S/C48H40F6O4/c1-30(2)32-10-12-34(13-11-32)44(56)36-16-24-40(25-17-36)57-41-26-20-38(21-27-41)46(47(49,50)51,48(52,53)54)39-22-28-42(29-23-39)58-45(4,5)37-18-14-35(15-19-37)43(55)33-8-6-31(3)7-9-33/h6-30H,1-5H3. The summed E-state index contributed by atoms with van der Waals surface area (Å²) in [7, 11) is 0. The van der Waals surface area contributed by atoms with Crippen LogP contribution in [-0.2, 0) is 11.0 Å². The molecule has 6 rings (SSSR count). The SMILES string of the molecule is Cc1ccc(C(=O)c2ccc(C(C)(C)Oc3ccc(C(c4ccc(Oc5ccc(C(=O)c6ccc(C(C)C)cc6)cc5)cc4)(C(F)(F)F)C(F)(F)F)cc3)cc2)cc1. The first-order chi connectivity index (χ1) is 27.3. The second-order valence-corrected chi connectivity index (χ2v) is 14.9. The molecule has 0 fully saturated rings. The van der Waals surface area contributed by atoms with Gasteiger partial charge in [0.2, 0.25) is 5.41 Å². The Kier molecular flexibility index (Phi) is 11.4. The minimum atomic E-state index is -5.80. The maximum atomic E-state index is 14.9. The quantitative estimate of drug-likeness (QED) is 0.0914. The molecule has 4 nitrogen and oxygen atoms in total. The van der Waals surface area contributed by atoms with Gasteiger partial charge >= 0.3 is 12.4 Å². The van der Waals surface area contributed by atoms with Crippen LogP contribution in [0.5, 0.6) is 17.2 Å². The van der Waals surface area contributed by atoms with Crippen LogP contribution < -0.4 is 9.47 Å². The van der Waals surface area contributed by atoms with Crippen LogP contribution in [0.25, 0.3) is 0 Å². The second-order valence-electron chi connectivity index (χ2n) is 14.9. The second kappa shape index (κ2) is 16.0. The van der Waals surface area contributed by atoms with E-state index in [1.807, 2.05) is 45.0 Å². The van der Waals surface area contributed by atoms with E-state index in [0.717, 1.165) is 59.7 Å². The zero-order chi connectivity index (χ0) is 42.0. The van der Waals surface area contributed by atoms with Crippen molar-refractivity contribution in [2.45, 2.75) is 63.9 Å². The van der Waals surface area contributed by atoms with Gasteiger partial charge < -0.3 is 9.47 Å². The maximum absolute atomic E-state index is 14.9. The van der Waals surface area contributed by atoms with Crippen molar-refractivity contribution in [1.82, 2.24) is 0 Å². The molecule has 0 heterocycles. The topological polar surface area (TPSA) is 52.6 Å². The summed E-state index contributed by atoms with van der Waals surface area (Å²) in [5.41, 5.74) is -3.02. The number of aryl methyl sites for hydroxylation is 1. The highest BCUT2D eigenvalue weighted by Gasteiger charge is 2.72. The Labute approximate surface area is 333 Å². The van der Waals surface area contributed by atoms with E-state index in [-0.39, 0.29) is 28.8 Å². The molecule has 0 saturated carbocycles. The minimum Gasteiger partial charge on any atom is -0.483 e. The van der Waals surface area contributed by atoms with Gasteiger partial charge in [-0.15, -0.1) is 0 Å². The van der Waals surface area contributed by atoms with Crippen LogP contribution in [0.4, 0.5) is 26.3 Å². The molecule has 6 aromatic carbocycles. The van der Waals surface area contributed by atoms with Gasteiger partial charge in [-0.3, -0.25) is 9.59 Å². The average Bonchev–Trinajstić information content (AvgIpc) is 3.18. The highest BCUT2D eigenvalue weighted by molar-refractivity contribution is 6.09. The summed E-state index contributed by atoms with van der Waals surface area (Å²) in [6, 6.07) is 34.3. The van der Waals surface area contributed by atoms with Crippen molar-refractivity contribution in [1.29, 1.82) is 0 Å². The average molecular weight is 795 g/mol. The maximum Gasteiger partial charge on any atom is 0.411 e. The van der Waals surface area contributed by atoms with E-state index >= 15 is 0 Å². The summed E-state index contributed by atoms with van der Waals surface area (Å²) in [6.07, 6.45) is -11.6. The van der Waals surface area contributed by atoms with Crippen molar-refractivity contribution < 1.29 is 45.4 Å². The first-order valence-electron chi connectivity index (χ1n) is 18.5. The number of carbonyl (C=O) groups excluding carboxylic acids is 2. The van der Waals surface area contributed by atoms with Crippen molar-refractivity contribution in [3.05, 3.63) is 196 Å². The van der Waals surface area contributed by atoms with E-state index in [4.69, 9.17) is 9.47 Å². The third kappa shape index (κ3) is 8.42. The van der Waals surface area contributed by atoms with Crippen molar-refractivity contribution in [3.63, 3.8) is 0 Å². The summed E-state index contributed by atoms with van der Waals surface area (Å²) in [5.74, 6) is 0.159. The van der Waals surface area contributed by atoms with Crippen LogP contribution in [0, 0.1) is 6.92 Å². The number of ketones is 2. The molecule has 0 N–H and O–H groups in total. The molecule has 0 aliphatic rings. The lowest BCUT2D eigenvalue weighted by Crippen LogP contribution is -2.54. The van der Waals surface area contributed by atoms with Crippen LogP contribution in [0.2, 0.25) is 0 Å². The van der Waals surface area contributed by atoms with Crippen LogP contribution in [-0.4, -0.2) is 23.9 Å². The van der Waals surface area contributed by atoms with E-state index in [0.29, 0.717) is 33.7 Å². The Hall–Kier alpha value is -6.16. The molecule has 0 saturated heterocycles. The zero-order valence-electron chi connectivity index (χ0n) is 32.3. The van der Waals surface area contributed by atoms with Crippen molar-refractivity contribution in [2.75, 3.05) is 0 Å². The normalized spacial score (nSPS) is 12.3. The molecule has 298 valence electrons. The summed E-state index contributed by atoms with van der Waals surface area (Å²) in [5, 5.41) is 0. The molecule has 10 heteroatoms. The number of rotatable bonds is 12. The lowest BCUT2D eigenvalue weighted by Gasteiger charge is -2.38. The molecule has 0 bridgehead atoms. The predicted molar refractivity (Wildman–Crippen MR) is 211 cm³/mol. The minimum absolute atomic E-state index is 0.0103. The molecule has 6 aromatic rings. The van der Waals surface area contributed by atoms with Crippen LogP contribution >= 0.6 is 0 Å². The van der Waals surface area contributed by atoms with E-state index in [1.165, 1.54) is 24.3 Å². The number of hydrogen-bond donors (Lipinski definition) is 0. The number of benzene rings is 6. The lowest BCUT2D eigenvalue weighted by atomic mass is 9.73. The molecule has 0 aliphatic heterocycles. The largest absolute Gasteiger partial charge is 0.483 e. The molecule has 0 aromatic heterocycles. The van der Waals surface area contributed by atoms with Gasteiger partial charge in [-0.05, 0) is 97.5 Å². The molecule has 0 amide bonds. The predicted octanol–water partition coefficient (Wildman–Crippen LogP) is 13.1. The first kappa shape index (κ1) is 41.5. The Morgan fingerprint density at radius 1 is 0.466 bits per heavy atom. The zero-order valence-corrected chi connectivity index (χ0v) is 32.3. The summed E-state index contributed by atoms with van der Waals surface area (Å²) in [6.45, 7) is 9.39. The van der Waals surface area contributed by atoms with Gasteiger partial charge in [-0.1, -0.05) is 116 Å². The highest BCUT2D eigenvalue weighted by atomic mass is 19.4. The summed E-state index contributed by atoms with van der Waals surface area (Å²) in [4.78, 5) is 25.9. The van der Waals surface area contributed by atoms with E-state index in [2.05, 4.69) is 0 Å². The third-order valence-corrected chi connectivity index (χ3v) is 10.1. The van der Waals surface area contributed by atoms with Gasteiger partial charge in [0.05, 0.1) is 0 Å². The Morgan fingerprint density at radius 2 is 0.793 bits per heavy atom. The van der Waals surface area contributed by atoms with Crippen LogP contribution in [0.1, 0.15) is 93.3 Å². The third-order valence-electron chi connectivity index (χ3n) is 10.1. The van der Waals surface area contributed by atoms with E-state index < -0.39 is 34.5 Å². The van der Waals surface area contributed by atoms with Crippen LogP contribution in [0.15, 0.2) is 146 Å². The fraction of sp³-hybridized carbons (Fsp3) is 0.208. The number of carbonyl (C=O) groups is 2. The number of hydrogen-bond acceptors (Lipinski definition) is 4. The van der Waals surface area contributed by atoms with Gasteiger partial charge in [-0.25, -0.2) is 0 Å². The fourth-order valence-corrected chi connectivity index (χ4v) is 6.77. The highest BCUT2D eigenvalue weighted by Crippen LogP contribution is 2.56. The molecule has 0 aliphatic carbocycles. The lowest BCUT2D eigenvalue weighted by molar-refractivity contribution is -0.288. The number of ether oxygens (including phenoxy) is 2. The molecule has 0 unspecified atom stereocenters. The van der Waals surface area contributed by atoms with Crippen molar-refractivity contribution in [3.8, 4) is 17.2 Å². The molecule has 0 spiro atoms. The van der Waals surface area contributed by atoms with Crippen molar-refractivity contribution in [2.24, 2.45) is 0 Å². The number of halogens is 6. The van der Waals surface area contributed by atoms with Gasteiger partial charge in [-0.2, -0.15) is 26.3 Å². The van der Waals surface area contributed by atoms with Gasteiger partial charge in [0.1, 0.15) is 22.8 Å². The first-order valence-corrected chi connectivity index (χ1v) is 18.5. The summed E-state index contributed by atoms with van der Waals surface area (Å²) >= 11 is 0. The molecular formula is C48H40F6O4. The van der Waals surface area contributed by atoms with Gasteiger partial charge in [0, 0.05) is 22.3 Å². The monoisotopic (exact) mass is 794 g/mol. The molecular weight excluding hydrogens is 755 g/mol. The Morgan fingerprint density at radius 3 is 1.19 bits per heavy atom. The number of alkyl halides is 6. The molecule has 58 heavy (non-hydrogen) atoms. The Bertz CT molecular complexity index is 2340. The van der Waals surface area contributed by atoms with Crippen LogP contribution in [0.3, 0.4) is 0 Å². The Balaban J connectivity index is 1.20. The van der Waals surface area contributed by atoms with E-state index in [1.54, 1.807) is 62.4 Å². The molecule has 0 atom stereocenters. The van der Waals surface area contributed by atoms with Gasteiger partial charge in [0.25, 0.3) is 0 Å². The van der Waals surface area contributed by atoms with Gasteiger partial charge in [0.15, 0.2) is 11.6 Å². The smallest absolute Gasteiger partial charge is 0.411 e.